The summed E-state index contributed by atoms with van der Waals surface area (Å²) in [5.41, 5.74) is 1.26. The lowest BCUT2D eigenvalue weighted by atomic mass is 9.85. The molecule has 5 heteroatoms. The smallest absolute Gasteiger partial charge is 0.225 e. The zero-order chi connectivity index (χ0) is 19.2. The van der Waals surface area contributed by atoms with Crippen molar-refractivity contribution in [3.05, 3.63) is 35.9 Å². The third kappa shape index (κ3) is 5.48. The van der Waals surface area contributed by atoms with Gasteiger partial charge in [-0.25, -0.2) is 0 Å². The van der Waals surface area contributed by atoms with Crippen molar-refractivity contribution in [2.45, 2.75) is 52.5 Å². The van der Waals surface area contributed by atoms with Gasteiger partial charge in [-0.2, -0.15) is 0 Å². The third-order valence-electron chi connectivity index (χ3n) is 4.87. The Labute approximate surface area is 158 Å². The van der Waals surface area contributed by atoms with Crippen LogP contribution in [0.2, 0.25) is 0 Å². The first-order valence-electron chi connectivity index (χ1n) is 9.72. The van der Waals surface area contributed by atoms with Gasteiger partial charge in [0, 0.05) is 37.0 Å². The Balaban J connectivity index is 1.98. The predicted molar refractivity (Wildman–Crippen MR) is 108 cm³/mol. The summed E-state index contributed by atoms with van der Waals surface area (Å²) >= 11 is 0. The number of carbonyl (C=O) groups excluding carboxylic acids is 1. The largest absolute Gasteiger partial charge is 0.357 e. The highest BCUT2D eigenvalue weighted by Gasteiger charge is 2.28. The van der Waals surface area contributed by atoms with Gasteiger partial charge in [-0.05, 0) is 18.9 Å². The first kappa shape index (κ1) is 20.3. The average Bonchev–Trinajstić information content (AvgIpc) is 3.08. The van der Waals surface area contributed by atoms with Gasteiger partial charge in [0.1, 0.15) is 0 Å². The number of carbonyl (C=O) groups is 1. The normalized spacial score (nSPS) is 18.3. The minimum Gasteiger partial charge on any atom is -0.357 e. The van der Waals surface area contributed by atoms with Crippen LogP contribution < -0.4 is 10.6 Å². The Morgan fingerprint density at radius 1 is 1.31 bits per heavy atom. The van der Waals surface area contributed by atoms with Crippen molar-refractivity contribution in [3.8, 4) is 0 Å². The lowest BCUT2D eigenvalue weighted by Crippen LogP contribution is -2.45. The van der Waals surface area contributed by atoms with Gasteiger partial charge in [0.25, 0.3) is 0 Å². The Kier molecular flexibility index (Phi) is 7.06. The van der Waals surface area contributed by atoms with Crippen LogP contribution in [-0.4, -0.2) is 49.0 Å². The van der Waals surface area contributed by atoms with Gasteiger partial charge in [0.15, 0.2) is 5.96 Å². The van der Waals surface area contributed by atoms with Crippen LogP contribution in [0.1, 0.15) is 46.6 Å². The van der Waals surface area contributed by atoms with Crippen molar-refractivity contribution in [1.82, 2.24) is 15.5 Å². The second kappa shape index (κ2) is 9.06. The van der Waals surface area contributed by atoms with Crippen LogP contribution >= 0.6 is 0 Å². The number of aliphatic imine (C=N–C) groups is 1. The first-order chi connectivity index (χ1) is 12.3. The highest BCUT2D eigenvalue weighted by molar-refractivity contribution is 5.81. The van der Waals surface area contributed by atoms with E-state index < -0.39 is 0 Å². The SMILES string of the molecule is CCNC(=NCC(C)(C)c1ccccc1)NC1CCN(C(=O)C(C)C)C1. The van der Waals surface area contributed by atoms with Crippen LogP contribution in [-0.2, 0) is 10.2 Å². The van der Waals surface area contributed by atoms with Gasteiger partial charge < -0.3 is 15.5 Å². The molecule has 1 fully saturated rings. The minimum absolute atomic E-state index is 0.0288. The molecule has 1 heterocycles. The van der Waals surface area contributed by atoms with E-state index in [0.29, 0.717) is 6.54 Å². The molecule has 1 aromatic rings. The summed E-state index contributed by atoms with van der Waals surface area (Å²) in [4.78, 5) is 18.9. The Bertz CT molecular complexity index is 610. The zero-order valence-corrected chi connectivity index (χ0v) is 16.9. The summed E-state index contributed by atoms with van der Waals surface area (Å²) in [5, 5.41) is 6.85. The standard InChI is InChI=1S/C21H34N4O/c1-6-22-20(23-15-21(4,5)17-10-8-7-9-11-17)24-18-12-13-25(14-18)19(26)16(2)3/h7-11,16,18H,6,12-15H2,1-5H3,(H2,22,23,24). The average molecular weight is 359 g/mol. The molecule has 0 spiro atoms. The van der Waals surface area contributed by atoms with Gasteiger partial charge in [-0.1, -0.05) is 58.0 Å². The van der Waals surface area contributed by atoms with Crippen LogP contribution in [0.15, 0.2) is 35.3 Å². The van der Waals surface area contributed by atoms with Crippen LogP contribution in [0.5, 0.6) is 0 Å². The van der Waals surface area contributed by atoms with E-state index in [9.17, 15) is 4.79 Å². The summed E-state index contributed by atoms with van der Waals surface area (Å²) < 4.78 is 0. The number of likely N-dealkylation sites (tertiary alicyclic amines) is 1. The van der Waals surface area contributed by atoms with E-state index >= 15 is 0 Å². The fraction of sp³-hybridized carbons (Fsp3) is 0.619. The van der Waals surface area contributed by atoms with Gasteiger partial charge in [-0.15, -0.1) is 0 Å². The van der Waals surface area contributed by atoms with Gasteiger partial charge in [0.05, 0.1) is 6.54 Å². The molecule has 0 bridgehead atoms. The Morgan fingerprint density at radius 3 is 2.62 bits per heavy atom. The second-order valence-electron chi connectivity index (χ2n) is 8.01. The molecule has 1 aromatic carbocycles. The topological polar surface area (TPSA) is 56.7 Å². The van der Waals surface area contributed by atoms with E-state index in [0.717, 1.165) is 32.0 Å². The quantitative estimate of drug-likeness (QED) is 0.607. The number of hydrogen-bond donors (Lipinski definition) is 2. The number of hydrogen-bond acceptors (Lipinski definition) is 2. The highest BCUT2D eigenvalue weighted by Crippen LogP contribution is 2.23. The molecule has 1 aliphatic rings. The van der Waals surface area contributed by atoms with Crippen LogP contribution in [0.3, 0.4) is 0 Å². The number of nitrogens with one attached hydrogen (secondary N) is 2. The molecule has 144 valence electrons. The lowest BCUT2D eigenvalue weighted by molar-refractivity contribution is -0.133. The summed E-state index contributed by atoms with van der Waals surface area (Å²) in [6.45, 7) is 13.5. The lowest BCUT2D eigenvalue weighted by Gasteiger charge is -2.25. The molecule has 1 amide bonds. The molecule has 2 N–H and O–H groups in total. The maximum Gasteiger partial charge on any atom is 0.225 e. The Hall–Kier alpha value is -2.04. The van der Waals surface area contributed by atoms with Crippen molar-refractivity contribution in [3.63, 3.8) is 0 Å². The molecule has 0 aliphatic carbocycles. The molecule has 0 radical (unpaired) electrons. The second-order valence-corrected chi connectivity index (χ2v) is 8.01. The fourth-order valence-electron chi connectivity index (χ4n) is 3.21. The molecule has 0 aromatic heterocycles. The van der Waals surface area contributed by atoms with E-state index in [1.807, 2.05) is 24.8 Å². The molecular formula is C21H34N4O. The van der Waals surface area contributed by atoms with E-state index in [2.05, 4.69) is 55.7 Å². The predicted octanol–water partition coefficient (Wildman–Crippen LogP) is 2.78. The van der Waals surface area contributed by atoms with Crippen LogP contribution in [0.4, 0.5) is 0 Å². The summed E-state index contributed by atoms with van der Waals surface area (Å²) in [5.74, 6) is 1.13. The summed E-state index contributed by atoms with van der Waals surface area (Å²) in [6, 6.07) is 10.8. The van der Waals surface area contributed by atoms with E-state index in [-0.39, 0.29) is 23.3 Å². The molecule has 5 nitrogen and oxygen atoms in total. The maximum absolute atomic E-state index is 12.2. The molecule has 1 aliphatic heterocycles. The van der Waals surface area contributed by atoms with Gasteiger partial charge in [-0.3, -0.25) is 9.79 Å². The van der Waals surface area contributed by atoms with Crippen LogP contribution in [0.25, 0.3) is 0 Å². The number of amides is 1. The monoisotopic (exact) mass is 358 g/mol. The van der Waals surface area contributed by atoms with Gasteiger partial charge >= 0.3 is 0 Å². The molecule has 26 heavy (non-hydrogen) atoms. The summed E-state index contributed by atoms with van der Waals surface area (Å²) in [7, 11) is 0. The molecular weight excluding hydrogens is 324 g/mol. The highest BCUT2D eigenvalue weighted by atomic mass is 16.2. The minimum atomic E-state index is -0.0288. The van der Waals surface area contributed by atoms with Crippen LogP contribution in [0, 0.1) is 5.92 Å². The Morgan fingerprint density at radius 2 is 2.00 bits per heavy atom. The number of rotatable bonds is 6. The van der Waals surface area contributed by atoms with Crippen molar-refractivity contribution in [2.24, 2.45) is 10.9 Å². The summed E-state index contributed by atoms with van der Waals surface area (Å²) in [6.07, 6.45) is 0.963. The van der Waals surface area contributed by atoms with E-state index in [4.69, 9.17) is 4.99 Å². The first-order valence-corrected chi connectivity index (χ1v) is 9.72. The van der Waals surface area contributed by atoms with E-state index in [1.165, 1.54) is 5.56 Å². The molecule has 1 unspecified atom stereocenters. The fourth-order valence-corrected chi connectivity index (χ4v) is 3.21. The van der Waals surface area contributed by atoms with E-state index in [1.54, 1.807) is 0 Å². The number of guanidine groups is 1. The third-order valence-corrected chi connectivity index (χ3v) is 4.87. The zero-order valence-electron chi connectivity index (χ0n) is 16.9. The molecule has 1 atom stereocenters. The molecule has 1 saturated heterocycles. The molecule has 0 saturated carbocycles. The number of nitrogens with zero attached hydrogens (tertiary/aromatic N) is 2. The number of benzene rings is 1. The molecule has 2 rings (SSSR count). The van der Waals surface area contributed by atoms with Gasteiger partial charge in [0.2, 0.25) is 5.91 Å². The van der Waals surface area contributed by atoms with Crippen molar-refractivity contribution < 1.29 is 4.79 Å². The van der Waals surface area contributed by atoms with Crippen molar-refractivity contribution >= 4 is 11.9 Å². The maximum atomic E-state index is 12.2. The van der Waals surface area contributed by atoms with Crippen molar-refractivity contribution in [2.75, 3.05) is 26.2 Å². The van der Waals surface area contributed by atoms with Crippen molar-refractivity contribution in [1.29, 1.82) is 0 Å².